The van der Waals surface area contributed by atoms with Gasteiger partial charge in [0, 0.05) is 24.1 Å². The van der Waals surface area contributed by atoms with Gasteiger partial charge in [0.25, 0.3) is 0 Å². The second-order valence-electron chi connectivity index (χ2n) is 5.09. The first-order chi connectivity index (χ1) is 9.22. The Balaban J connectivity index is 2.06. The Morgan fingerprint density at radius 1 is 1.32 bits per heavy atom. The number of hydrogen-bond donors (Lipinski definition) is 1. The highest BCUT2D eigenvalue weighted by molar-refractivity contribution is 5.20. The molecule has 0 radical (unpaired) electrons. The smallest absolute Gasteiger partial charge is 0.129 e. The summed E-state index contributed by atoms with van der Waals surface area (Å²) in [4.78, 5) is 0. The van der Waals surface area contributed by atoms with Crippen molar-refractivity contribution in [2.75, 3.05) is 19.8 Å². The van der Waals surface area contributed by atoms with E-state index in [2.05, 4.69) is 12.2 Å². The molecule has 1 fully saturated rings. The minimum atomic E-state index is -0.459. The summed E-state index contributed by atoms with van der Waals surface area (Å²) in [6.07, 6.45) is 2.35. The summed E-state index contributed by atoms with van der Waals surface area (Å²) in [5.41, 5.74) is 0.182. The zero-order valence-corrected chi connectivity index (χ0v) is 11.3. The van der Waals surface area contributed by atoms with E-state index < -0.39 is 11.6 Å². The summed E-state index contributed by atoms with van der Waals surface area (Å²) < 4.78 is 32.8. The predicted octanol–water partition coefficient (Wildman–Crippen LogP) is 2.91. The van der Waals surface area contributed by atoms with E-state index in [0.29, 0.717) is 13.0 Å². The molecule has 1 heterocycles. The van der Waals surface area contributed by atoms with E-state index in [0.717, 1.165) is 26.0 Å². The summed E-state index contributed by atoms with van der Waals surface area (Å²) >= 11 is 0. The number of benzene rings is 1. The van der Waals surface area contributed by atoms with E-state index in [-0.39, 0.29) is 17.5 Å². The van der Waals surface area contributed by atoms with Gasteiger partial charge in [0.1, 0.15) is 11.6 Å². The summed E-state index contributed by atoms with van der Waals surface area (Å²) in [5.74, 6) is -0.786. The molecule has 2 rings (SSSR count). The third-order valence-corrected chi connectivity index (χ3v) is 3.66. The van der Waals surface area contributed by atoms with E-state index >= 15 is 0 Å². The maximum atomic E-state index is 13.7. The van der Waals surface area contributed by atoms with E-state index in [1.807, 2.05) is 0 Å². The largest absolute Gasteiger partial charge is 0.381 e. The van der Waals surface area contributed by atoms with Gasteiger partial charge in [-0.3, -0.25) is 0 Å². The van der Waals surface area contributed by atoms with Crippen molar-refractivity contribution in [2.45, 2.75) is 32.2 Å². The average Bonchev–Trinajstić information content (AvgIpc) is 2.42. The van der Waals surface area contributed by atoms with Gasteiger partial charge in [-0.25, -0.2) is 8.78 Å². The zero-order valence-electron chi connectivity index (χ0n) is 11.3. The van der Waals surface area contributed by atoms with Crippen LogP contribution in [0.5, 0.6) is 0 Å². The first-order valence-electron chi connectivity index (χ1n) is 6.96. The first kappa shape index (κ1) is 14.4. The van der Waals surface area contributed by atoms with E-state index in [4.69, 9.17) is 4.74 Å². The Kier molecular flexibility index (Phi) is 5.28. The predicted molar refractivity (Wildman–Crippen MR) is 71.1 cm³/mol. The van der Waals surface area contributed by atoms with Crippen molar-refractivity contribution in [3.05, 3.63) is 35.4 Å². The molecule has 0 aromatic heterocycles. The van der Waals surface area contributed by atoms with Gasteiger partial charge in [-0.05, 0) is 37.9 Å². The standard InChI is InChI=1S/C15H21F2NO/c1-2-7-18-15-6-8-19-10-11(15)9-12-13(16)4-3-5-14(12)17/h3-5,11,15,18H,2,6-10H2,1H3. The lowest BCUT2D eigenvalue weighted by Gasteiger charge is -2.32. The van der Waals surface area contributed by atoms with Crippen molar-refractivity contribution in [3.63, 3.8) is 0 Å². The Morgan fingerprint density at radius 2 is 2.05 bits per heavy atom. The molecule has 1 aromatic rings. The molecule has 2 atom stereocenters. The number of hydrogen-bond acceptors (Lipinski definition) is 2. The van der Waals surface area contributed by atoms with Gasteiger partial charge >= 0.3 is 0 Å². The lowest BCUT2D eigenvalue weighted by molar-refractivity contribution is 0.0317. The van der Waals surface area contributed by atoms with E-state index in [1.165, 1.54) is 18.2 Å². The van der Waals surface area contributed by atoms with Crippen LogP contribution in [0.1, 0.15) is 25.3 Å². The van der Waals surface area contributed by atoms with Crippen LogP contribution < -0.4 is 5.32 Å². The van der Waals surface area contributed by atoms with Crippen molar-refractivity contribution in [1.29, 1.82) is 0 Å². The maximum Gasteiger partial charge on any atom is 0.129 e. The summed E-state index contributed by atoms with van der Waals surface area (Å²) in [5, 5.41) is 3.46. The zero-order chi connectivity index (χ0) is 13.7. The number of halogens is 2. The molecule has 1 N–H and O–H groups in total. The fourth-order valence-electron chi connectivity index (χ4n) is 2.59. The van der Waals surface area contributed by atoms with Gasteiger partial charge in [-0.1, -0.05) is 13.0 Å². The van der Waals surface area contributed by atoms with Crippen LogP contribution in [0.2, 0.25) is 0 Å². The summed E-state index contributed by atoms with van der Waals surface area (Å²) in [6, 6.07) is 4.32. The molecule has 2 unspecified atom stereocenters. The second kappa shape index (κ2) is 6.96. The number of ether oxygens (including phenoxy) is 1. The Bertz CT molecular complexity index is 391. The Hall–Kier alpha value is -1.00. The van der Waals surface area contributed by atoms with E-state index in [9.17, 15) is 8.78 Å². The molecule has 19 heavy (non-hydrogen) atoms. The van der Waals surface area contributed by atoms with Gasteiger partial charge in [0.15, 0.2) is 0 Å². The van der Waals surface area contributed by atoms with Crippen molar-refractivity contribution < 1.29 is 13.5 Å². The topological polar surface area (TPSA) is 21.3 Å². The molecule has 0 amide bonds. The first-order valence-corrected chi connectivity index (χ1v) is 6.96. The summed E-state index contributed by atoms with van der Waals surface area (Å²) in [7, 11) is 0. The highest BCUT2D eigenvalue weighted by Gasteiger charge is 2.27. The molecule has 1 aromatic carbocycles. The van der Waals surface area contributed by atoms with Crippen molar-refractivity contribution in [2.24, 2.45) is 5.92 Å². The molecule has 1 aliphatic heterocycles. The lowest BCUT2D eigenvalue weighted by Crippen LogP contribution is -2.44. The molecular formula is C15H21F2NO. The maximum absolute atomic E-state index is 13.7. The van der Waals surface area contributed by atoms with Crippen LogP contribution in [-0.2, 0) is 11.2 Å². The third-order valence-electron chi connectivity index (χ3n) is 3.66. The Morgan fingerprint density at radius 3 is 2.74 bits per heavy atom. The molecule has 106 valence electrons. The van der Waals surface area contributed by atoms with Crippen LogP contribution in [0.15, 0.2) is 18.2 Å². The normalized spacial score (nSPS) is 23.5. The number of rotatable bonds is 5. The third kappa shape index (κ3) is 3.74. The van der Waals surface area contributed by atoms with Crippen LogP contribution in [0.3, 0.4) is 0 Å². The minimum absolute atomic E-state index is 0.131. The van der Waals surface area contributed by atoms with Crippen LogP contribution in [0.4, 0.5) is 8.78 Å². The van der Waals surface area contributed by atoms with Crippen molar-refractivity contribution >= 4 is 0 Å². The van der Waals surface area contributed by atoms with Gasteiger partial charge in [0.2, 0.25) is 0 Å². The molecular weight excluding hydrogens is 248 g/mol. The quantitative estimate of drug-likeness (QED) is 0.887. The second-order valence-corrected chi connectivity index (χ2v) is 5.09. The number of nitrogens with one attached hydrogen (secondary N) is 1. The highest BCUT2D eigenvalue weighted by atomic mass is 19.1. The molecule has 0 bridgehead atoms. The average molecular weight is 269 g/mol. The molecule has 1 aliphatic rings. The fraction of sp³-hybridized carbons (Fsp3) is 0.600. The minimum Gasteiger partial charge on any atom is -0.381 e. The van der Waals surface area contributed by atoms with Crippen molar-refractivity contribution in [3.8, 4) is 0 Å². The van der Waals surface area contributed by atoms with E-state index in [1.54, 1.807) is 0 Å². The lowest BCUT2D eigenvalue weighted by atomic mass is 9.89. The molecule has 2 nitrogen and oxygen atoms in total. The van der Waals surface area contributed by atoms with Gasteiger partial charge < -0.3 is 10.1 Å². The van der Waals surface area contributed by atoms with Gasteiger partial charge in [-0.2, -0.15) is 0 Å². The monoisotopic (exact) mass is 269 g/mol. The Labute approximate surface area is 113 Å². The molecule has 0 spiro atoms. The SMILES string of the molecule is CCCNC1CCOCC1Cc1c(F)cccc1F. The van der Waals surface area contributed by atoms with Gasteiger partial charge in [0.05, 0.1) is 6.61 Å². The molecule has 0 saturated carbocycles. The summed E-state index contributed by atoms with van der Waals surface area (Å²) in [6.45, 7) is 4.32. The molecule has 4 heteroatoms. The van der Waals surface area contributed by atoms with Crippen LogP contribution >= 0.6 is 0 Å². The molecule has 1 saturated heterocycles. The van der Waals surface area contributed by atoms with Crippen LogP contribution in [-0.4, -0.2) is 25.8 Å². The fourth-order valence-corrected chi connectivity index (χ4v) is 2.59. The van der Waals surface area contributed by atoms with Crippen molar-refractivity contribution in [1.82, 2.24) is 5.32 Å². The van der Waals surface area contributed by atoms with Gasteiger partial charge in [-0.15, -0.1) is 0 Å². The molecule has 0 aliphatic carbocycles. The van der Waals surface area contributed by atoms with Crippen LogP contribution in [0.25, 0.3) is 0 Å². The highest BCUT2D eigenvalue weighted by Crippen LogP contribution is 2.23. The van der Waals surface area contributed by atoms with Crippen LogP contribution in [0, 0.1) is 17.6 Å².